The lowest BCUT2D eigenvalue weighted by Gasteiger charge is -2.08. The predicted octanol–water partition coefficient (Wildman–Crippen LogP) is 5.82. The van der Waals surface area contributed by atoms with E-state index in [9.17, 15) is 33.3 Å². The van der Waals surface area contributed by atoms with Crippen LogP contribution in [0.3, 0.4) is 0 Å². The van der Waals surface area contributed by atoms with Crippen LogP contribution in [0.5, 0.6) is 0 Å². The Balaban J connectivity index is 1.65. The van der Waals surface area contributed by atoms with E-state index in [1.807, 2.05) is 6.07 Å². The van der Waals surface area contributed by atoms with Crippen molar-refractivity contribution in [2.24, 2.45) is 0 Å². The predicted molar refractivity (Wildman–Crippen MR) is 119 cm³/mol. The number of aromatic nitrogens is 1. The number of benzene rings is 2. The number of fused-ring (bicyclic) bond motifs is 1. The summed E-state index contributed by atoms with van der Waals surface area (Å²) in [6.45, 7) is 0. The first-order valence-electron chi connectivity index (χ1n) is 9.38. The molecule has 4 aromatic rings. The van der Waals surface area contributed by atoms with Crippen molar-refractivity contribution in [3.05, 3.63) is 91.2 Å². The Labute approximate surface area is 192 Å². The lowest BCUT2D eigenvalue weighted by molar-refractivity contribution is -0.384. The Kier molecular flexibility index (Phi) is 5.87. The molecule has 0 fully saturated rings. The van der Waals surface area contributed by atoms with Gasteiger partial charge in [0.05, 0.1) is 21.7 Å². The number of allylic oxidation sites excluding steroid dienone is 1. The fourth-order valence-electron chi connectivity index (χ4n) is 3.01. The van der Waals surface area contributed by atoms with Gasteiger partial charge in [0, 0.05) is 34.8 Å². The highest BCUT2D eigenvalue weighted by molar-refractivity contribution is 7.11. The first-order chi connectivity index (χ1) is 16.2. The normalized spacial score (nSPS) is 11.9. The molecule has 12 heteroatoms. The summed E-state index contributed by atoms with van der Waals surface area (Å²) in [6, 6.07) is 11.6. The van der Waals surface area contributed by atoms with Crippen molar-refractivity contribution < 1.29 is 22.5 Å². The fourth-order valence-corrected chi connectivity index (χ4v) is 3.79. The molecule has 0 atom stereocenters. The van der Waals surface area contributed by atoms with Gasteiger partial charge >= 0.3 is 11.8 Å². The van der Waals surface area contributed by atoms with Crippen LogP contribution >= 0.6 is 11.3 Å². The molecule has 2 aromatic carbocycles. The summed E-state index contributed by atoms with van der Waals surface area (Å²) >= 11 is 1.03. The summed E-state index contributed by atoms with van der Waals surface area (Å²) in [5.74, 6) is 0. The van der Waals surface area contributed by atoms with Crippen molar-refractivity contribution in [2.75, 3.05) is 5.32 Å². The number of nitrogens with zero attached hydrogens (tertiary/aromatic N) is 3. The molecule has 8 nitrogen and oxygen atoms in total. The minimum Gasteiger partial charge on any atom is -0.422 e. The molecular weight excluding hydrogens is 473 g/mol. The van der Waals surface area contributed by atoms with E-state index in [1.165, 1.54) is 48.0 Å². The fraction of sp³-hybridized carbons (Fsp3) is 0.0455. The maximum Gasteiger partial charge on any atom is 0.416 e. The maximum atomic E-state index is 12.9. The van der Waals surface area contributed by atoms with Crippen molar-refractivity contribution in [3.63, 3.8) is 0 Å². The number of thiazole rings is 1. The third-order valence-corrected chi connectivity index (χ3v) is 5.51. The van der Waals surface area contributed by atoms with Crippen LogP contribution in [0.15, 0.2) is 69.3 Å². The smallest absolute Gasteiger partial charge is 0.416 e. The van der Waals surface area contributed by atoms with E-state index in [0.29, 0.717) is 5.39 Å². The molecule has 0 bridgehead atoms. The number of anilines is 1. The summed E-state index contributed by atoms with van der Waals surface area (Å²) in [4.78, 5) is 27.1. The standard InChI is InChI=1S/C22H11F3N4O4S/c23-22(24,25)14-2-1-3-15(8-14)27-10-13(9-26)20-28-18(11-34-20)17-7-12-6-16(29(31)32)4-5-19(12)33-21(17)30/h1-8,10-11,27H. The number of nitriles is 1. The first-order valence-corrected chi connectivity index (χ1v) is 10.3. The third kappa shape index (κ3) is 4.64. The second-order valence-electron chi connectivity index (χ2n) is 6.86. The molecule has 0 radical (unpaired) electrons. The SMILES string of the molecule is N#CC(=CNc1cccc(C(F)(F)F)c1)c1nc(-c2cc3cc([N+](=O)[O-])ccc3oc2=O)cs1. The van der Waals surface area contributed by atoms with Gasteiger partial charge in [-0.2, -0.15) is 18.4 Å². The Morgan fingerprint density at radius 3 is 2.74 bits per heavy atom. The Hall–Kier alpha value is -4.50. The molecule has 0 aliphatic rings. The van der Waals surface area contributed by atoms with Gasteiger partial charge in [0.2, 0.25) is 0 Å². The molecule has 0 aliphatic heterocycles. The molecule has 0 spiro atoms. The third-order valence-electron chi connectivity index (χ3n) is 4.63. The molecule has 2 heterocycles. The summed E-state index contributed by atoms with van der Waals surface area (Å²) in [5.41, 5.74) is -1.21. The van der Waals surface area contributed by atoms with Gasteiger partial charge in [0.15, 0.2) is 0 Å². The highest BCUT2D eigenvalue weighted by Gasteiger charge is 2.30. The van der Waals surface area contributed by atoms with Crippen LogP contribution in [0.2, 0.25) is 0 Å². The van der Waals surface area contributed by atoms with E-state index in [1.54, 1.807) is 0 Å². The van der Waals surface area contributed by atoms with Crippen LogP contribution in [0.25, 0.3) is 27.8 Å². The summed E-state index contributed by atoms with van der Waals surface area (Å²) in [7, 11) is 0. The van der Waals surface area contributed by atoms with Crippen LogP contribution in [-0.2, 0) is 6.18 Å². The number of alkyl halides is 3. The minimum atomic E-state index is -4.51. The Morgan fingerprint density at radius 2 is 2.03 bits per heavy atom. The van der Waals surface area contributed by atoms with Crippen molar-refractivity contribution in [1.29, 1.82) is 5.26 Å². The number of nitro groups is 1. The van der Waals surface area contributed by atoms with Gasteiger partial charge in [-0.05, 0) is 30.3 Å². The van der Waals surface area contributed by atoms with E-state index in [0.717, 1.165) is 23.5 Å². The summed E-state index contributed by atoms with van der Waals surface area (Å²) in [6.07, 6.45) is -3.30. The average Bonchev–Trinajstić information content (AvgIpc) is 3.28. The number of non-ortho nitro benzene ring substituents is 1. The molecule has 0 amide bonds. The van der Waals surface area contributed by atoms with Gasteiger partial charge < -0.3 is 9.73 Å². The second-order valence-corrected chi connectivity index (χ2v) is 7.72. The van der Waals surface area contributed by atoms with Gasteiger partial charge in [-0.25, -0.2) is 9.78 Å². The highest BCUT2D eigenvalue weighted by Crippen LogP contribution is 2.31. The van der Waals surface area contributed by atoms with Crippen molar-refractivity contribution in [2.45, 2.75) is 6.18 Å². The zero-order valence-electron chi connectivity index (χ0n) is 16.8. The highest BCUT2D eigenvalue weighted by atomic mass is 32.1. The number of hydrogen-bond acceptors (Lipinski definition) is 8. The van der Waals surface area contributed by atoms with E-state index in [4.69, 9.17) is 4.42 Å². The molecule has 170 valence electrons. The van der Waals surface area contributed by atoms with E-state index in [2.05, 4.69) is 10.3 Å². The molecule has 2 aromatic heterocycles. The van der Waals surface area contributed by atoms with Crippen LogP contribution in [0.4, 0.5) is 24.5 Å². The van der Waals surface area contributed by atoms with E-state index in [-0.39, 0.29) is 38.8 Å². The van der Waals surface area contributed by atoms with Gasteiger partial charge in [0.25, 0.3) is 5.69 Å². The van der Waals surface area contributed by atoms with Crippen LogP contribution in [0.1, 0.15) is 10.6 Å². The number of halogens is 3. The van der Waals surface area contributed by atoms with Crippen LogP contribution in [0, 0.1) is 21.4 Å². The molecule has 0 saturated heterocycles. The zero-order chi connectivity index (χ0) is 24.5. The van der Waals surface area contributed by atoms with Gasteiger partial charge in [-0.3, -0.25) is 10.1 Å². The van der Waals surface area contributed by atoms with E-state index >= 15 is 0 Å². The maximum absolute atomic E-state index is 12.9. The topological polar surface area (TPSA) is 122 Å². The molecule has 4 rings (SSSR count). The molecule has 34 heavy (non-hydrogen) atoms. The van der Waals surface area contributed by atoms with E-state index < -0.39 is 22.3 Å². The van der Waals surface area contributed by atoms with Gasteiger partial charge in [0.1, 0.15) is 22.2 Å². The average molecular weight is 484 g/mol. The summed E-state index contributed by atoms with van der Waals surface area (Å²) < 4.78 is 43.9. The number of nitro benzene ring substituents is 1. The van der Waals surface area contributed by atoms with Gasteiger partial charge in [-0.15, -0.1) is 11.3 Å². The molecule has 1 N–H and O–H groups in total. The van der Waals surface area contributed by atoms with Crippen molar-refractivity contribution in [3.8, 4) is 17.3 Å². The van der Waals surface area contributed by atoms with Crippen LogP contribution < -0.4 is 10.9 Å². The molecular formula is C22H11F3N4O4S. The van der Waals surface area contributed by atoms with Crippen molar-refractivity contribution >= 4 is 39.3 Å². The molecule has 0 aliphatic carbocycles. The second kappa shape index (κ2) is 8.80. The Morgan fingerprint density at radius 1 is 1.24 bits per heavy atom. The minimum absolute atomic E-state index is 0.0227. The van der Waals surface area contributed by atoms with Crippen LogP contribution in [-0.4, -0.2) is 9.91 Å². The quantitative estimate of drug-likeness (QED) is 0.164. The largest absolute Gasteiger partial charge is 0.422 e. The summed E-state index contributed by atoms with van der Waals surface area (Å²) in [5, 5.41) is 25.2. The molecule has 0 saturated carbocycles. The van der Waals surface area contributed by atoms with Crippen molar-refractivity contribution in [1.82, 2.24) is 4.98 Å². The first kappa shape index (κ1) is 22.7. The number of nitrogens with one attached hydrogen (secondary N) is 1. The lowest BCUT2D eigenvalue weighted by atomic mass is 10.1. The monoisotopic (exact) mass is 484 g/mol. The number of hydrogen-bond donors (Lipinski definition) is 1. The number of rotatable bonds is 5. The Bertz CT molecular complexity index is 1550. The lowest BCUT2D eigenvalue weighted by Crippen LogP contribution is -2.05. The van der Waals surface area contributed by atoms with Gasteiger partial charge in [-0.1, -0.05) is 6.07 Å². The zero-order valence-corrected chi connectivity index (χ0v) is 17.6. The molecule has 0 unspecified atom stereocenters.